The molecule has 0 radical (unpaired) electrons. The van der Waals surface area contributed by atoms with Crippen molar-refractivity contribution in [2.24, 2.45) is 5.92 Å². The molecule has 4 heteroatoms. The number of halogens is 1. The van der Waals surface area contributed by atoms with E-state index >= 15 is 0 Å². The van der Waals surface area contributed by atoms with Crippen LogP contribution in [0.3, 0.4) is 0 Å². The van der Waals surface area contributed by atoms with Gasteiger partial charge in [0.2, 0.25) is 0 Å². The fourth-order valence-electron chi connectivity index (χ4n) is 1.49. The molecule has 100 valence electrons. The van der Waals surface area contributed by atoms with Crippen LogP contribution in [0.25, 0.3) is 0 Å². The molecule has 0 spiro atoms. The quantitative estimate of drug-likeness (QED) is 0.731. The van der Waals surface area contributed by atoms with E-state index < -0.39 is 0 Å². The largest absolute Gasteiger partial charge is 0.490 e. The highest BCUT2D eigenvalue weighted by molar-refractivity contribution is 5.69. The van der Waals surface area contributed by atoms with Gasteiger partial charge in [0.15, 0.2) is 0 Å². The molecule has 0 saturated carbocycles. The van der Waals surface area contributed by atoms with E-state index in [1.807, 2.05) is 13.8 Å². The van der Waals surface area contributed by atoms with E-state index in [1.165, 1.54) is 12.1 Å². The van der Waals surface area contributed by atoms with Crippen molar-refractivity contribution in [3.63, 3.8) is 0 Å². The molecule has 2 atom stereocenters. The van der Waals surface area contributed by atoms with Gasteiger partial charge in [0.25, 0.3) is 0 Å². The van der Waals surface area contributed by atoms with E-state index in [-0.39, 0.29) is 23.8 Å². The Labute approximate surface area is 107 Å². The molecule has 3 nitrogen and oxygen atoms in total. The molecule has 0 fully saturated rings. The van der Waals surface area contributed by atoms with Crippen LogP contribution >= 0.6 is 0 Å². The molecule has 0 bridgehead atoms. The normalized spacial score (nSPS) is 13.8. The highest BCUT2D eigenvalue weighted by Gasteiger charge is 2.18. The second kappa shape index (κ2) is 6.99. The van der Waals surface area contributed by atoms with E-state index in [9.17, 15) is 9.18 Å². The third-order valence-electron chi connectivity index (χ3n) is 2.73. The minimum absolute atomic E-state index is 0.0362. The van der Waals surface area contributed by atoms with Crippen LogP contribution in [0.4, 0.5) is 4.39 Å². The molecular weight excluding hydrogens is 235 g/mol. The van der Waals surface area contributed by atoms with E-state index in [1.54, 1.807) is 19.1 Å². The first kappa shape index (κ1) is 14.5. The molecule has 0 amide bonds. The highest BCUT2D eigenvalue weighted by Crippen LogP contribution is 2.18. The maximum Gasteiger partial charge on any atom is 0.306 e. The first-order chi connectivity index (χ1) is 8.52. The summed E-state index contributed by atoms with van der Waals surface area (Å²) in [5.74, 6) is 0.114. The van der Waals surface area contributed by atoms with Crippen LogP contribution in [0.1, 0.15) is 27.2 Å². The molecular formula is C14H19FO3. The fraction of sp³-hybridized carbons (Fsp3) is 0.500. The standard InChI is InChI=1S/C14H19FO3/c1-4-17-14(16)9-10(2)11(3)18-13-7-5-12(15)6-8-13/h5-8,10-11H,4,9H2,1-3H3/t10-,11-/m0/s1. The zero-order valence-electron chi connectivity index (χ0n) is 11.0. The van der Waals surface area contributed by atoms with Gasteiger partial charge < -0.3 is 9.47 Å². The van der Waals surface area contributed by atoms with Crippen molar-refractivity contribution in [3.8, 4) is 5.75 Å². The molecule has 0 saturated heterocycles. The molecule has 1 rings (SSSR count). The van der Waals surface area contributed by atoms with Gasteiger partial charge in [-0.05, 0) is 38.1 Å². The van der Waals surface area contributed by atoms with Gasteiger partial charge in [-0.25, -0.2) is 4.39 Å². The number of hydrogen-bond acceptors (Lipinski definition) is 3. The molecule has 0 unspecified atom stereocenters. The van der Waals surface area contributed by atoms with E-state index in [0.717, 1.165) is 0 Å². The number of carbonyl (C=O) groups is 1. The maximum absolute atomic E-state index is 12.7. The van der Waals surface area contributed by atoms with Crippen molar-refractivity contribution in [1.29, 1.82) is 0 Å². The topological polar surface area (TPSA) is 35.5 Å². The third-order valence-corrected chi connectivity index (χ3v) is 2.73. The number of esters is 1. The van der Waals surface area contributed by atoms with Crippen molar-refractivity contribution in [2.45, 2.75) is 33.3 Å². The fourth-order valence-corrected chi connectivity index (χ4v) is 1.49. The van der Waals surface area contributed by atoms with Crippen LogP contribution < -0.4 is 4.74 Å². The van der Waals surface area contributed by atoms with Crippen LogP contribution in [-0.4, -0.2) is 18.7 Å². The molecule has 0 N–H and O–H groups in total. The Bertz CT molecular complexity index is 375. The Morgan fingerprint density at radius 2 is 1.89 bits per heavy atom. The molecule has 18 heavy (non-hydrogen) atoms. The number of ether oxygens (including phenoxy) is 2. The lowest BCUT2D eigenvalue weighted by atomic mass is 10.0. The third kappa shape index (κ3) is 4.73. The summed E-state index contributed by atoms with van der Waals surface area (Å²) < 4.78 is 23.2. The summed E-state index contributed by atoms with van der Waals surface area (Å²) >= 11 is 0. The van der Waals surface area contributed by atoms with Crippen molar-refractivity contribution in [1.82, 2.24) is 0 Å². The predicted molar refractivity (Wildman–Crippen MR) is 66.9 cm³/mol. The van der Waals surface area contributed by atoms with Crippen LogP contribution in [0, 0.1) is 11.7 Å². The Morgan fingerprint density at radius 1 is 1.28 bits per heavy atom. The average Bonchev–Trinajstić information content (AvgIpc) is 2.32. The van der Waals surface area contributed by atoms with Crippen molar-refractivity contribution >= 4 is 5.97 Å². The Hall–Kier alpha value is -1.58. The maximum atomic E-state index is 12.7. The summed E-state index contributed by atoms with van der Waals surface area (Å²) in [6.45, 7) is 5.97. The first-order valence-corrected chi connectivity index (χ1v) is 6.10. The summed E-state index contributed by atoms with van der Waals surface area (Å²) in [5.41, 5.74) is 0. The van der Waals surface area contributed by atoms with Crippen molar-refractivity contribution < 1.29 is 18.7 Å². The minimum atomic E-state index is -0.297. The highest BCUT2D eigenvalue weighted by atomic mass is 19.1. The monoisotopic (exact) mass is 254 g/mol. The summed E-state index contributed by atoms with van der Waals surface area (Å²) in [5, 5.41) is 0. The molecule has 0 aliphatic heterocycles. The van der Waals surface area contributed by atoms with Crippen LogP contribution in [-0.2, 0) is 9.53 Å². The molecule has 0 aliphatic rings. The van der Waals surface area contributed by atoms with Gasteiger partial charge in [0.1, 0.15) is 11.6 Å². The Balaban J connectivity index is 2.46. The van der Waals surface area contributed by atoms with Gasteiger partial charge in [-0.3, -0.25) is 4.79 Å². The predicted octanol–water partition coefficient (Wildman–Crippen LogP) is 3.18. The van der Waals surface area contributed by atoms with Crippen molar-refractivity contribution in [3.05, 3.63) is 30.1 Å². The lowest BCUT2D eigenvalue weighted by Crippen LogP contribution is -2.24. The lowest BCUT2D eigenvalue weighted by molar-refractivity contribution is -0.144. The number of rotatable bonds is 6. The van der Waals surface area contributed by atoms with Gasteiger partial charge in [-0.1, -0.05) is 6.92 Å². The minimum Gasteiger partial charge on any atom is -0.490 e. The number of carbonyl (C=O) groups excluding carboxylic acids is 1. The van der Waals surface area contributed by atoms with Crippen LogP contribution in [0.15, 0.2) is 24.3 Å². The summed E-state index contributed by atoms with van der Waals surface area (Å²) in [6.07, 6.45) is 0.177. The Morgan fingerprint density at radius 3 is 2.44 bits per heavy atom. The number of hydrogen-bond donors (Lipinski definition) is 0. The van der Waals surface area contributed by atoms with Gasteiger partial charge >= 0.3 is 5.97 Å². The smallest absolute Gasteiger partial charge is 0.306 e. The zero-order chi connectivity index (χ0) is 13.5. The van der Waals surface area contributed by atoms with Gasteiger partial charge in [-0.15, -0.1) is 0 Å². The van der Waals surface area contributed by atoms with E-state index in [2.05, 4.69) is 0 Å². The summed E-state index contributed by atoms with van der Waals surface area (Å²) in [6, 6.07) is 5.84. The molecule has 1 aromatic rings. The second-order valence-electron chi connectivity index (χ2n) is 4.26. The molecule has 0 aliphatic carbocycles. The molecule has 0 aromatic heterocycles. The lowest BCUT2D eigenvalue weighted by Gasteiger charge is -2.20. The van der Waals surface area contributed by atoms with Gasteiger partial charge in [0, 0.05) is 5.92 Å². The van der Waals surface area contributed by atoms with Crippen LogP contribution in [0.5, 0.6) is 5.75 Å². The zero-order valence-corrected chi connectivity index (χ0v) is 11.0. The second-order valence-corrected chi connectivity index (χ2v) is 4.26. The SMILES string of the molecule is CCOC(=O)C[C@H](C)[C@H](C)Oc1ccc(F)cc1. The molecule has 0 heterocycles. The summed E-state index contributed by atoms with van der Waals surface area (Å²) in [7, 11) is 0. The summed E-state index contributed by atoms with van der Waals surface area (Å²) in [4.78, 5) is 11.3. The van der Waals surface area contributed by atoms with Crippen LogP contribution in [0.2, 0.25) is 0 Å². The van der Waals surface area contributed by atoms with Gasteiger partial charge in [-0.2, -0.15) is 0 Å². The Kier molecular flexibility index (Phi) is 5.62. The van der Waals surface area contributed by atoms with Crippen molar-refractivity contribution in [2.75, 3.05) is 6.61 Å². The average molecular weight is 254 g/mol. The number of benzene rings is 1. The van der Waals surface area contributed by atoms with E-state index in [0.29, 0.717) is 18.8 Å². The van der Waals surface area contributed by atoms with E-state index in [4.69, 9.17) is 9.47 Å². The first-order valence-electron chi connectivity index (χ1n) is 6.10. The van der Waals surface area contributed by atoms with Gasteiger partial charge in [0.05, 0.1) is 19.1 Å². The molecule has 1 aromatic carbocycles.